The summed E-state index contributed by atoms with van der Waals surface area (Å²) in [7, 11) is 0. The van der Waals surface area contributed by atoms with E-state index in [0.717, 1.165) is 49.0 Å². The first kappa shape index (κ1) is 14.5. The second kappa shape index (κ2) is 7.04. The van der Waals surface area contributed by atoms with Crippen molar-refractivity contribution in [2.45, 2.75) is 37.8 Å². The van der Waals surface area contributed by atoms with Gasteiger partial charge in [0.25, 0.3) is 0 Å². The van der Waals surface area contributed by atoms with E-state index in [9.17, 15) is 0 Å². The number of nitrogens with zero attached hydrogens (tertiary/aromatic N) is 2. The molecule has 0 saturated carbocycles. The number of ether oxygens (including phenoxy) is 1. The predicted octanol–water partition coefficient (Wildman–Crippen LogP) is 3.13. The summed E-state index contributed by atoms with van der Waals surface area (Å²) in [6.45, 7) is 2.40. The summed E-state index contributed by atoms with van der Waals surface area (Å²) in [6.07, 6.45) is 8.55. The zero-order valence-corrected chi connectivity index (χ0v) is 13.1. The molecule has 0 aromatic carbocycles. The third-order valence-corrected chi connectivity index (χ3v) is 4.09. The molecule has 1 N–H and O–H groups in total. The van der Waals surface area contributed by atoms with Gasteiger partial charge in [0.2, 0.25) is 0 Å². The molecule has 1 aliphatic rings. The number of aromatic nitrogens is 2. The Bertz CT molecular complexity index is 561. The number of thioether (sulfide) groups is 1. The van der Waals surface area contributed by atoms with Crippen molar-refractivity contribution in [3.63, 3.8) is 0 Å². The molecule has 0 amide bonds. The predicted molar refractivity (Wildman–Crippen MR) is 84.5 cm³/mol. The molecule has 3 heterocycles. The minimum atomic E-state index is 0.317. The summed E-state index contributed by atoms with van der Waals surface area (Å²) in [6, 6.07) is 4.06. The molecule has 2 aromatic heterocycles. The Hall–Kier alpha value is -1.40. The molecule has 0 bridgehead atoms. The molecule has 1 aliphatic heterocycles. The molecule has 6 heteroatoms. The highest BCUT2D eigenvalue weighted by Crippen LogP contribution is 2.17. The van der Waals surface area contributed by atoms with Gasteiger partial charge in [0.15, 0.2) is 0 Å². The van der Waals surface area contributed by atoms with Crippen molar-refractivity contribution < 1.29 is 9.15 Å². The van der Waals surface area contributed by atoms with Gasteiger partial charge >= 0.3 is 0 Å². The summed E-state index contributed by atoms with van der Waals surface area (Å²) in [5.41, 5.74) is 1.01. The second-order valence-corrected chi connectivity index (χ2v) is 6.11. The number of hydrogen-bond donors (Lipinski definition) is 1. The lowest BCUT2D eigenvalue weighted by Crippen LogP contribution is -2.15. The second-order valence-electron chi connectivity index (χ2n) is 5.24. The number of nitrogens with one attached hydrogen (secondary N) is 1. The van der Waals surface area contributed by atoms with Gasteiger partial charge < -0.3 is 14.5 Å². The van der Waals surface area contributed by atoms with Crippen LogP contribution >= 0.6 is 11.8 Å². The van der Waals surface area contributed by atoms with Crippen LogP contribution < -0.4 is 5.32 Å². The average Bonchev–Trinajstić information content (AvgIpc) is 3.20. The molecular weight excluding hydrogens is 286 g/mol. The number of rotatable bonds is 7. The van der Waals surface area contributed by atoms with Gasteiger partial charge in [0.1, 0.15) is 11.5 Å². The summed E-state index contributed by atoms with van der Waals surface area (Å²) in [5.74, 6) is 2.89. The topological polar surface area (TPSA) is 52.2 Å². The Morgan fingerprint density at radius 3 is 3.14 bits per heavy atom. The van der Waals surface area contributed by atoms with Gasteiger partial charge in [-0.3, -0.25) is 4.68 Å². The summed E-state index contributed by atoms with van der Waals surface area (Å²) in [4.78, 5) is 0. The number of furan rings is 1. The molecule has 5 nitrogen and oxygen atoms in total. The molecule has 0 aliphatic carbocycles. The highest BCUT2D eigenvalue weighted by molar-refractivity contribution is 7.97. The Balaban J connectivity index is 1.49. The Morgan fingerprint density at radius 2 is 2.33 bits per heavy atom. The standard InChI is InChI=1S/C15H21N3O2S/c1-21-11-15-5-4-13(20-15)8-16-12-7-17-18(9-12)10-14-3-2-6-19-14/h4-5,7,9,14,16H,2-3,6,8,10-11H2,1H3. The van der Waals surface area contributed by atoms with Gasteiger partial charge in [0.05, 0.1) is 36.8 Å². The lowest BCUT2D eigenvalue weighted by Gasteiger charge is -2.08. The molecule has 3 rings (SSSR count). The fourth-order valence-corrected chi connectivity index (χ4v) is 2.92. The Labute approximate surface area is 129 Å². The van der Waals surface area contributed by atoms with Crippen LogP contribution in [0.1, 0.15) is 24.4 Å². The van der Waals surface area contributed by atoms with Crippen LogP contribution in [-0.4, -0.2) is 28.7 Å². The van der Waals surface area contributed by atoms with Gasteiger partial charge in [-0.25, -0.2) is 0 Å². The fourth-order valence-electron chi connectivity index (χ4n) is 2.48. The highest BCUT2D eigenvalue weighted by atomic mass is 32.2. The lowest BCUT2D eigenvalue weighted by molar-refractivity contribution is 0.0940. The molecule has 1 saturated heterocycles. The summed E-state index contributed by atoms with van der Waals surface area (Å²) < 4.78 is 13.3. The van der Waals surface area contributed by atoms with Crippen molar-refractivity contribution in [3.8, 4) is 0 Å². The number of hydrogen-bond acceptors (Lipinski definition) is 5. The van der Waals surface area contributed by atoms with Crippen LogP contribution in [0, 0.1) is 0 Å². The van der Waals surface area contributed by atoms with Crippen LogP contribution in [0.3, 0.4) is 0 Å². The quantitative estimate of drug-likeness (QED) is 0.851. The van der Waals surface area contributed by atoms with Crippen LogP contribution in [-0.2, 0) is 23.6 Å². The Morgan fingerprint density at radius 1 is 1.43 bits per heavy atom. The first-order valence-electron chi connectivity index (χ1n) is 7.28. The number of anilines is 1. The smallest absolute Gasteiger partial charge is 0.123 e. The molecule has 0 spiro atoms. The van der Waals surface area contributed by atoms with E-state index in [1.807, 2.05) is 29.2 Å². The van der Waals surface area contributed by atoms with E-state index >= 15 is 0 Å². The third kappa shape index (κ3) is 4.04. The molecule has 0 radical (unpaired) electrons. The largest absolute Gasteiger partial charge is 0.463 e. The minimum absolute atomic E-state index is 0.317. The molecule has 1 fully saturated rings. The highest BCUT2D eigenvalue weighted by Gasteiger charge is 2.16. The SMILES string of the molecule is CSCc1ccc(CNc2cnn(CC3CCCO3)c2)o1. The van der Waals surface area contributed by atoms with Gasteiger partial charge in [-0.05, 0) is 31.2 Å². The zero-order chi connectivity index (χ0) is 14.5. The normalized spacial score (nSPS) is 18.2. The third-order valence-electron chi connectivity index (χ3n) is 3.52. The van der Waals surface area contributed by atoms with Crippen molar-refractivity contribution in [1.29, 1.82) is 0 Å². The molecule has 21 heavy (non-hydrogen) atoms. The van der Waals surface area contributed by atoms with E-state index in [1.54, 1.807) is 11.8 Å². The molecule has 2 aromatic rings. The average molecular weight is 307 g/mol. The van der Waals surface area contributed by atoms with Gasteiger partial charge in [0, 0.05) is 12.8 Å². The monoisotopic (exact) mass is 307 g/mol. The van der Waals surface area contributed by atoms with Gasteiger partial charge in [-0.15, -0.1) is 0 Å². The van der Waals surface area contributed by atoms with Crippen LogP contribution in [0.25, 0.3) is 0 Å². The van der Waals surface area contributed by atoms with Gasteiger partial charge in [-0.2, -0.15) is 16.9 Å². The van der Waals surface area contributed by atoms with Crippen molar-refractivity contribution in [2.24, 2.45) is 0 Å². The lowest BCUT2D eigenvalue weighted by atomic mass is 10.2. The molecule has 1 unspecified atom stereocenters. The Kier molecular flexibility index (Phi) is 4.87. The van der Waals surface area contributed by atoms with E-state index in [-0.39, 0.29) is 0 Å². The maximum absolute atomic E-state index is 5.73. The summed E-state index contributed by atoms with van der Waals surface area (Å²) in [5, 5.41) is 7.70. The van der Waals surface area contributed by atoms with E-state index in [4.69, 9.17) is 9.15 Å². The molecule has 1 atom stereocenters. The maximum atomic E-state index is 5.73. The first-order chi connectivity index (χ1) is 10.3. The van der Waals surface area contributed by atoms with Crippen molar-refractivity contribution in [3.05, 3.63) is 36.0 Å². The van der Waals surface area contributed by atoms with E-state index < -0.39 is 0 Å². The van der Waals surface area contributed by atoms with Crippen LogP contribution in [0.5, 0.6) is 0 Å². The molecular formula is C15H21N3O2S. The van der Waals surface area contributed by atoms with Crippen molar-refractivity contribution >= 4 is 17.4 Å². The van der Waals surface area contributed by atoms with Crippen molar-refractivity contribution in [2.75, 3.05) is 18.2 Å². The maximum Gasteiger partial charge on any atom is 0.123 e. The van der Waals surface area contributed by atoms with Gasteiger partial charge in [-0.1, -0.05) is 0 Å². The minimum Gasteiger partial charge on any atom is -0.463 e. The van der Waals surface area contributed by atoms with Crippen LogP contribution in [0.4, 0.5) is 5.69 Å². The van der Waals surface area contributed by atoms with E-state index in [0.29, 0.717) is 12.6 Å². The zero-order valence-electron chi connectivity index (χ0n) is 12.2. The van der Waals surface area contributed by atoms with Crippen LogP contribution in [0.2, 0.25) is 0 Å². The van der Waals surface area contributed by atoms with Crippen LogP contribution in [0.15, 0.2) is 28.9 Å². The molecule has 114 valence electrons. The fraction of sp³-hybridized carbons (Fsp3) is 0.533. The van der Waals surface area contributed by atoms with E-state index in [1.165, 1.54) is 0 Å². The first-order valence-corrected chi connectivity index (χ1v) is 8.67. The van der Waals surface area contributed by atoms with E-state index in [2.05, 4.69) is 16.7 Å². The van der Waals surface area contributed by atoms with Crippen molar-refractivity contribution in [1.82, 2.24) is 9.78 Å². The summed E-state index contributed by atoms with van der Waals surface area (Å²) >= 11 is 1.76.